The zero-order chi connectivity index (χ0) is 22.0. The molecule has 1 N–H and O–H groups in total. The Morgan fingerprint density at radius 1 is 0.871 bits per heavy atom. The van der Waals surface area contributed by atoms with Gasteiger partial charge in [0.15, 0.2) is 0 Å². The van der Waals surface area contributed by atoms with E-state index < -0.39 is 0 Å². The molecule has 3 aromatic rings. The van der Waals surface area contributed by atoms with Gasteiger partial charge in [-0.1, -0.05) is 47.5 Å². The zero-order valence-corrected chi connectivity index (χ0v) is 19.1. The second-order valence-electron chi connectivity index (χ2n) is 7.68. The number of ether oxygens (including phenoxy) is 2. The van der Waals surface area contributed by atoms with E-state index >= 15 is 0 Å². The third-order valence-electron chi connectivity index (χ3n) is 5.12. The summed E-state index contributed by atoms with van der Waals surface area (Å²) in [6.07, 6.45) is 0.0204. The summed E-state index contributed by atoms with van der Waals surface area (Å²) in [5, 5.41) is 5.01. The van der Waals surface area contributed by atoms with Crippen molar-refractivity contribution in [3.05, 3.63) is 93.5 Å². The van der Waals surface area contributed by atoms with Crippen LogP contribution >= 0.6 is 23.2 Å². The van der Waals surface area contributed by atoms with Crippen molar-refractivity contribution in [3.63, 3.8) is 0 Å². The first-order valence-electron chi connectivity index (χ1n) is 10.1. The molecule has 0 saturated heterocycles. The fourth-order valence-electron chi connectivity index (χ4n) is 3.66. The molecular weight excluding hydrogens is 431 g/mol. The van der Waals surface area contributed by atoms with Crippen molar-refractivity contribution >= 4 is 29.0 Å². The number of amidine groups is 1. The molecule has 0 saturated carbocycles. The van der Waals surface area contributed by atoms with Crippen LogP contribution in [-0.4, -0.2) is 19.0 Å². The standard InChI is InChI=1S/C25H24Cl2N2O2/c1-15(2)31-22-14-20(30-3)12-13-21(22)25-28-23(16-4-8-18(26)9-5-16)24(29-25)17-6-10-19(27)11-7-17/h4-15,23-24H,1-3H3,(H,28,29)/t23-,24-/m0/s1. The summed E-state index contributed by atoms with van der Waals surface area (Å²) >= 11 is 12.2. The molecule has 0 aliphatic carbocycles. The van der Waals surface area contributed by atoms with E-state index in [2.05, 4.69) is 5.32 Å². The highest BCUT2D eigenvalue weighted by Gasteiger charge is 2.33. The molecule has 0 unspecified atom stereocenters. The first kappa shape index (κ1) is 21.5. The first-order valence-corrected chi connectivity index (χ1v) is 10.9. The number of aliphatic imine (C=N–C) groups is 1. The van der Waals surface area contributed by atoms with E-state index in [-0.39, 0.29) is 18.2 Å². The van der Waals surface area contributed by atoms with Gasteiger partial charge >= 0.3 is 0 Å². The van der Waals surface area contributed by atoms with Crippen LogP contribution in [-0.2, 0) is 0 Å². The second-order valence-corrected chi connectivity index (χ2v) is 8.55. The van der Waals surface area contributed by atoms with Gasteiger partial charge in [-0.3, -0.25) is 4.99 Å². The number of methoxy groups -OCH3 is 1. The Morgan fingerprint density at radius 2 is 1.48 bits per heavy atom. The lowest BCUT2D eigenvalue weighted by Crippen LogP contribution is -2.25. The number of nitrogens with zero attached hydrogens (tertiary/aromatic N) is 1. The highest BCUT2D eigenvalue weighted by Crippen LogP contribution is 2.39. The minimum absolute atomic E-state index is 0.0204. The SMILES string of the molecule is COc1ccc(C2=N[C@@H](c3ccc(Cl)cc3)[C@H](c3ccc(Cl)cc3)N2)c(OC(C)C)c1. The minimum Gasteiger partial charge on any atom is -0.497 e. The van der Waals surface area contributed by atoms with Gasteiger partial charge in [0, 0.05) is 16.1 Å². The summed E-state index contributed by atoms with van der Waals surface area (Å²) in [5.74, 6) is 2.24. The molecule has 0 radical (unpaired) electrons. The van der Waals surface area contributed by atoms with Gasteiger partial charge in [-0.25, -0.2) is 0 Å². The third kappa shape index (κ3) is 4.81. The lowest BCUT2D eigenvalue weighted by atomic mass is 9.95. The maximum absolute atomic E-state index is 6.12. The van der Waals surface area contributed by atoms with Gasteiger partial charge in [0.1, 0.15) is 23.4 Å². The molecule has 31 heavy (non-hydrogen) atoms. The van der Waals surface area contributed by atoms with Crippen molar-refractivity contribution in [1.29, 1.82) is 0 Å². The highest BCUT2D eigenvalue weighted by molar-refractivity contribution is 6.30. The van der Waals surface area contributed by atoms with Crippen LogP contribution in [0.2, 0.25) is 10.0 Å². The van der Waals surface area contributed by atoms with Crippen LogP contribution in [0.15, 0.2) is 71.7 Å². The maximum Gasteiger partial charge on any atom is 0.134 e. The Morgan fingerprint density at radius 3 is 2.06 bits per heavy atom. The topological polar surface area (TPSA) is 42.8 Å². The predicted octanol–water partition coefficient (Wildman–Crippen LogP) is 6.62. The Labute approximate surface area is 192 Å². The summed E-state index contributed by atoms with van der Waals surface area (Å²) in [7, 11) is 1.65. The van der Waals surface area contributed by atoms with Gasteiger partial charge in [0.05, 0.1) is 24.8 Å². The van der Waals surface area contributed by atoms with E-state index in [0.29, 0.717) is 10.0 Å². The number of hydrogen-bond donors (Lipinski definition) is 1. The molecule has 4 nitrogen and oxygen atoms in total. The number of hydrogen-bond acceptors (Lipinski definition) is 4. The quantitative estimate of drug-likeness (QED) is 0.454. The van der Waals surface area contributed by atoms with Crippen LogP contribution < -0.4 is 14.8 Å². The normalized spacial score (nSPS) is 17.9. The maximum atomic E-state index is 6.12. The molecule has 3 aromatic carbocycles. The molecule has 1 aliphatic heterocycles. The summed E-state index contributed by atoms with van der Waals surface area (Å²) in [6, 6.07) is 21.3. The average molecular weight is 455 g/mol. The fraction of sp³-hybridized carbons (Fsp3) is 0.240. The molecule has 6 heteroatoms. The minimum atomic E-state index is -0.123. The molecule has 0 aromatic heterocycles. The van der Waals surface area contributed by atoms with E-state index in [1.807, 2.05) is 80.6 Å². The molecule has 0 fully saturated rings. The fourth-order valence-corrected chi connectivity index (χ4v) is 3.92. The van der Waals surface area contributed by atoms with Gasteiger partial charge in [-0.15, -0.1) is 0 Å². The molecule has 0 bridgehead atoms. The Kier molecular flexibility index (Phi) is 6.40. The van der Waals surface area contributed by atoms with E-state index in [0.717, 1.165) is 34.0 Å². The molecule has 4 rings (SSSR count). The van der Waals surface area contributed by atoms with Gasteiger partial charge in [-0.2, -0.15) is 0 Å². The molecule has 0 amide bonds. The molecule has 160 valence electrons. The van der Waals surface area contributed by atoms with E-state index in [4.69, 9.17) is 37.7 Å². The van der Waals surface area contributed by atoms with Crippen LogP contribution in [0.4, 0.5) is 0 Å². The van der Waals surface area contributed by atoms with E-state index in [9.17, 15) is 0 Å². The van der Waals surface area contributed by atoms with Crippen LogP contribution in [0.1, 0.15) is 42.6 Å². The van der Waals surface area contributed by atoms with Crippen LogP contribution in [0, 0.1) is 0 Å². The van der Waals surface area contributed by atoms with Crippen molar-refractivity contribution < 1.29 is 9.47 Å². The van der Waals surface area contributed by atoms with Crippen molar-refractivity contribution in [1.82, 2.24) is 5.32 Å². The Hall–Kier alpha value is -2.69. The van der Waals surface area contributed by atoms with Crippen molar-refractivity contribution in [2.45, 2.75) is 32.0 Å². The second kappa shape index (κ2) is 9.21. The summed E-state index contributed by atoms with van der Waals surface area (Å²) in [6.45, 7) is 4.00. The van der Waals surface area contributed by atoms with Crippen molar-refractivity contribution in [2.24, 2.45) is 4.99 Å². The van der Waals surface area contributed by atoms with Crippen LogP contribution in [0.5, 0.6) is 11.5 Å². The molecule has 0 spiro atoms. The summed E-state index contributed by atoms with van der Waals surface area (Å²) < 4.78 is 11.5. The van der Waals surface area contributed by atoms with Gasteiger partial charge in [0.2, 0.25) is 0 Å². The zero-order valence-electron chi connectivity index (χ0n) is 17.6. The number of benzene rings is 3. The van der Waals surface area contributed by atoms with Crippen molar-refractivity contribution in [2.75, 3.05) is 7.11 Å². The predicted molar refractivity (Wildman–Crippen MR) is 127 cm³/mol. The Balaban J connectivity index is 1.77. The number of nitrogens with one attached hydrogen (secondary N) is 1. The molecule has 1 heterocycles. The smallest absolute Gasteiger partial charge is 0.134 e. The van der Waals surface area contributed by atoms with Crippen LogP contribution in [0.3, 0.4) is 0 Å². The number of halogens is 2. The average Bonchev–Trinajstić information content (AvgIpc) is 3.19. The van der Waals surface area contributed by atoms with Gasteiger partial charge < -0.3 is 14.8 Å². The summed E-state index contributed by atoms with van der Waals surface area (Å²) in [5.41, 5.74) is 3.07. The summed E-state index contributed by atoms with van der Waals surface area (Å²) in [4.78, 5) is 5.07. The monoisotopic (exact) mass is 454 g/mol. The van der Waals surface area contributed by atoms with E-state index in [1.165, 1.54) is 0 Å². The molecule has 2 atom stereocenters. The lowest BCUT2D eigenvalue weighted by molar-refractivity contribution is 0.240. The van der Waals surface area contributed by atoms with E-state index in [1.54, 1.807) is 7.11 Å². The Bertz CT molecular complexity index is 1080. The molecule has 1 aliphatic rings. The highest BCUT2D eigenvalue weighted by atomic mass is 35.5. The van der Waals surface area contributed by atoms with Crippen LogP contribution in [0.25, 0.3) is 0 Å². The van der Waals surface area contributed by atoms with Gasteiger partial charge in [-0.05, 0) is 61.4 Å². The lowest BCUT2D eigenvalue weighted by Gasteiger charge is -2.20. The first-order chi connectivity index (χ1) is 14.9. The number of rotatable bonds is 6. The largest absolute Gasteiger partial charge is 0.497 e. The van der Waals surface area contributed by atoms with Crippen molar-refractivity contribution in [3.8, 4) is 11.5 Å². The third-order valence-corrected chi connectivity index (χ3v) is 5.63. The molecular formula is C25H24Cl2N2O2. The van der Waals surface area contributed by atoms with Gasteiger partial charge in [0.25, 0.3) is 0 Å².